The molecule has 4 nitrogen and oxygen atoms in total. The Bertz CT molecular complexity index is 702. The van der Waals surface area contributed by atoms with Gasteiger partial charge in [0.15, 0.2) is 5.65 Å². The van der Waals surface area contributed by atoms with Crippen LogP contribution < -0.4 is 0 Å². The van der Waals surface area contributed by atoms with E-state index in [9.17, 15) is 5.11 Å². The number of rotatable bonds is 2. The van der Waals surface area contributed by atoms with Crippen molar-refractivity contribution in [3.05, 3.63) is 48.8 Å². The fraction of sp³-hybridized carbons (Fsp3) is 0. The number of nitrogens with zero attached hydrogens (tertiary/aromatic N) is 3. The average molecular weight is 255 g/mol. The average Bonchev–Trinajstić information content (AvgIpc) is 2.39. The molecule has 3 rings (SSSR count). The monoisotopic (exact) mass is 255 g/mol. The third kappa shape index (κ3) is 2.26. The van der Waals surface area contributed by atoms with Crippen molar-refractivity contribution < 1.29 is 5.11 Å². The molecule has 0 saturated carbocycles. The van der Waals surface area contributed by atoms with E-state index in [2.05, 4.69) is 15.0 Å². The SMILES string of the molecule is Oc1cccc(Sc2ccc3nccnc3n2)c1. The van der Waals surface area contributed by atoms with Crippen molar-refractivity contribution in [2.45, 2.75) is 9.92 Å². The molecule has 0 aliphatic carbocycles. The van der Waals surface area contributed by atoms with Crippen LogP contribution in [0.2, 0.25) is 0 Å². The van der Waals surface area contributed by atoms with Gasteiger partial charge in [0.1, 0.15) is 16.3 Å². The Labute approximate surface area is 108 Å². The normalized spacial score (nSPS) is 10.7. The summed E-state index contributed by atoms with van der Waals surface area (Å²) in [5.74, 6) is 0.251. The molecule has 2 heterocycles. The summed E-state index contributed by atoms with van der Waals surface area (Å²) < 4.78 is 0. The molecule has 0 aliphatic rings. The fourth-order valence-electron chi connectivity index (χ4n) is 1.56. The lowest BCUT2D eigenvalue weighted by atomic mass is 10.3. The highest BCUT2D eigenvalue weighted by Crippen LogP contribution is 2.28. The zero-order valence-electron chi connectivity index (χ0n) is 9.32. The van der Waals surface area contributed by atoms with Gasteiger partial charge in [0.25, 0.3) is 0 Å². The van der Waals surface area contributed by atoms with Crippen molar-refractivity contribution in [2.75, 3.05) is 0 Å². The lowest BCUT2D eigenvalue weighted by molar-refractivity contribution is 0.474. The molecule has 0 saturated heterocycles. The third-order valence-corrected chi connectivity index (χ3v) is 3.27. The molecule has 0 unspecified atom stereocenters. The number of hydrogen-bond acceptors (Lipinski definition) is 5. The molecule has 88 valence electrons. The molecular weight excluding hydrogens is 246 g/mol. The number of fused-ring (bicyclic) bond motifs is 1. The standard InChI is InChI=1S/C13H9N3OS/c17-9-2-1-3-10(8-9)18-12-5-4-11-13(16-12)15-7-6-14-11/h1-8,17H. The molecule has 3 aromatic rings. The molecule has 0 fully saturated rings. The van der Waals surface area contributed by atoms with E-state index in [0.29, 0.717) is 5.65 Å². The van der Waals surface area contributed by atoms with E-state index in [4.69, 9.17) is 0 Å². The number of aromatic hydroxyl groups is 1. The molecule has 18 heavy (non-hydrogen) atoms. The van der Waals surface area contributed by atoms with E-state index in [1.165, 1.54) is 11.8 Å². The number of benzene rings is 1. The second-order valence-electron chi connectivity index (χ2n) is 3.65. The van der Waals surface area contributed by atoms with Crippen LogP contribution in [0.3, 0.4) is 0 Å². The van der Waals surface area contributed by atoms with Gasteiger partial charge in [-0.05, 0) is 30.3 Å². The fourth-order valence-corrected chi connectivity index (χ4v) is 2.40. The Hall–Kier alpha value is -2.14. The van der Waals surface area contributed by atoms with Gasteiger partial charge in [-0.2, -0.15) is 0 Å². The first kappa shape index (κ1) is 11.0. The summed E-state index contributed by atoms with van der Waals surface area (Å²) in [6, 6.07) is 10.9. The van der Waals surface area contributed by atoms with Crippen LogP contribution >= 0.6 is 11.8 Å². The van der Waals surface area contributed by atoms with Gasteiger partial charge in [-0.25, -0.2) is 9.97 Å². The first-order valence-electron chi connectivity index (χ1n) is 5.36. The maximum absolute atomic E-state index is 9.41. The summed E-state index contributed by atoms with van der Waals surface area (Å²) in [7, 11) is 0. The Balaban J connectivity index is 1.95. The first-order valence-corrected chi connectivity index (χ1v) is 6.17. The highest BCUT2D eigenvalue weighted by atomic mass is 32.2. The van der Waals surface area contributed by atoms with Gasteiger partial charge in [-0.3, -0.25) is 4.98 Å². The van der Waals surface area contributed by atoms with Gasteiger partial charge < -0.3 is 5.11 Å². The van der Waals surface area contributed by atoms with Gasteiger partial charge in [-0.15, -0.1) is 0 Å². The number of phenols is 1. The number of hydrogen-bond donors (Lipinski definition) is 1. The van der Waals surface area contributed by atoms with Gasteiger partial charge >= 0.3 is 0 Å². The van der Waals surface area contributed by atoms with Crippen molar-refractivity contribution in [3.63, 3.8) is 0 Å². The third-order valence-electron chi connectivity index (χ3n) is 2.35. The minimum Gasteiger partial charge on any atom is -0.508 e. The summed E-state index contributed by atoms with van der Waals surface area (Å²) in [6.45, 7) is 0. The highest BCUT2D eigenvalue weighted by Gasteiger charge is 2.02. The number of pyridine rings is 1. The minimum atomic E-state index is 0.251. The van der Waals surface area contributed by atoms with E-state index in [1.54, 1.807) is 30.6 Å². The van der Waals surface area contributed by atoms with E-state index in [1.807, 2.05) is 18.2 Å². The van der Waals surface area contributed by atoms with Gasteiger partial charge in [-0.1, -0.05) is 17.8 Å². The lowest BCUT2D eigenvalue weighted by Gasteiger charge is -2.02. The molecule has 0 spiro atoms. The van der Waals surface area contributed by atoms with Crippen LogP contribution in [0.4, 0.5) is 0 Å². The van der Waals surface area contributed by atoms with Crippen LogP contribution in [0.15, 0.2) is 58.7 Å². The number of phenolic OH excluding ortho intramolecular Hbond substituents is 1. The van der Waals surface area contributed by atoms with E-state index < -0.39 is 0 Å². The van der Waals surface area contributed by atoms with Gasteiger partial charge in [0.2, 0.25) is 0 Å². The molecular formula is C13H9N3OS. The predicted molar refractivity (Wildman–Crippen MR) is 69.6 cm³/mol. The van der Waals surface area contributed by atoms with E-state index >= 15 is 0 Å². The van der Waals surface area contributed by atoms with Crippen LogP contribution in [0, 0.1) is 0 Å². The van der Waals surface area contributed by atoms with Crippen LogP contribution in [0.25, 0.3) is 11.2 Å². The Morgan fingerprint density at radius 1 is 1.00 bits per heavy atom. The van der Waals surface area contributed by atoms with Crippen molar-refractivity contribution in [1.29, 1.82) is 0 Å². The van der Waals surface area contributed by atoms with Crippen LogP contribution in [-0.4, -0.2) is 20.1 Å². The molecule has 2 aromatic heterocycles. The first-order chi connectivity index (χ1) is 8.81. The minimum absolute atomic E-state index is 0.251. The maximum Gasteiger partial charge on any atom is 0.179 e. The molecule has 1 aromatic carbocycles. The van der Waals surface area contributed by atoms with Crippen LogP contribution in [0.1, 0.15) is 0 Å². The summed E-state index contributed by atoms with van der Waals surface area (Å²) in [5.41, 5.74) is 1.40. The molecule has 0 bridgehead atoms. The summed E-state index contributed by atoms with van der Waals surface area (Å²) in [5, 5.41) is 10.2. The second-order valence-corrected chi connectivity index (χ2v) is 4.74. The zero-order valence-corrected chi connectivity index (χ0v) is 10.1. The van der Waals surface area contributed by atoms with Crippen LogP contribution in [0.5, 0.6) is 5.75 Å². The van der Waals surface area contributed by atoms with Gasteiger partial charge in [0, 0.05) is 17.3 Å². The molecule has 1 N–H and O–H groups in total. The smallest absolute Gasteiger partial charge is 0.179 e. The number of aromatic nitrogens is 3. The van der Waals surface area contributed by atoms with Crippen LogP contribution in [-0.2, 0) is 0 Å². The maximum atomic E-state index is 9.41. The Kier molecular flexibility index (Phi) is 2.82. The second kappa shape index (κ2) is 4.62. The highest BCUT2D eigenvalue weighted by molar-refractivity contribution is 7.99. The summed E-state index contributed by atoms with van der Waals surface area (Å²) in [4.78, 5) is 13.7. The summed E-state index contributed by atoms with van der Waals surface area (Å²) >= 11 is 1.48. The van der Waals surface area contributed by atoms with Crippen molar-refractivity contribution in [2.24, 2.45) is 0 Å². The molecule has 0 atom stereocenters. The van der Waals surface area contributed by atoms with Crippen molar-refractivity contribution in [3.8, 4) is 5.75 Å². The summed E-state index contributed by atoms with van der Waals surface area (Å²) in [6.07, 6.45) is 3.27. The van der Waals surface area contributed by atoms with Gasteiger partial charge in [0.05, 0.1) is 0 Å². The largest absolute Gasteiger partial charge is 0.508 e. The molecule has 0 radical (unpaired) electrons. The predicted octanol–water partition coefficient (Wildman–Crippen LogP) is 2.88. The Morgan fingerprint density at radius 3 is 2.78 bits per heavy atom. The zero-order chi connectivity index (χ0) is 12.4. The van der Waals surface area contributed by atoms with Crippen molar-refractivity contribution in [1.82, 2.24) is 15.0 Å². The molecule has 5 heteroatoms. The van der Waals surface area contributed by atoms with E-state index in [-0.39, 0.29) is 5.75 Å². The quantitative estimate of drug-likeness (QED) is 0.763. The van der Waals surface area contributed by atoms with E-state index in [0.717, 1.165) is 15.4 Å². The molecule has 0 aliphatic heterocycles. The van der Waals surface area contributed by atoms with Crippen molar-refractivity contribution >= 4 is 22.9 Å². The lowest BCUT2D eigenvalue weighted by Crippen LogP contribution is -1.87. The Morgan fingerprint density at radius 2 is 1.89 bits per heavy atom. The topological polar surface area (TPSA) is 58.9 Å². The molecule has 0 amide bonds.